The molecule has 0 bridgehead atoms. The number of likely N-dealkylation sites (tertiary alicyclic amines) is 1. The molecule has 1 aliphatic rings. The lowest BCUT2D eigenvalue weighted by Crippen LogP contribution is -2.40. The van der Waals surface area contributed by atoms with Crippen molar-refractivity contribution in [3.05, 3.63) is 29.3 Å². The van der Waals surface area contributed by atoms with Crippen LogP contribution in [0.3, 0.4) is 0 Å². The van der Waals surface area contributed by atoms with Crippen LogP contribution in [-0.4, -0.2) is 50.7 Å². The number of ether oxygens (including phenoxy) is 1. The summed E-state index contributed by atoms with van der Waals surface area (Å²) in [6.45, 7) is 2.28. The van der Waals surface area contributed by atoms with E-state index in [1.165, 1.54) is 6.92 Å². The zero-order chi connectivity index (χ0) is 16.2. The summed E-state index contributed by atoms with van der Waals surface area (Å²) in [5.74, 6) is 0.302. The van der Waals surface area contributed by atoms with Crippen LogP contribution >= 0.6 is 11.6 Å². The average molecular weight is 347 g/mol. The fourth-order valence-corrected chi connectivity index (χ4v) is 2.88. The number of para-hydroxylation sites is 1. The van der Waals surface area contributed by atoms with E-state index in [4.69, 9.17) is 16.3 Å². The normalized spacial score (nSPS) is 18.5. The molecule has 0 aromatic heterocycles. The van der Waals surface area contributed by atoms with Gasteiger partial charge >= 0.3 is 0 Å². The van der Waals surface area contributed by atoms with E-state index in [-0.39, 0.29) is 24.3 Å². The molecule has 0 radical (unpaired) electrons. The monoisotopic (exact) mass is 346 g/mol. The average Bonchev–Trinajstić information content (AvgIpc) is 2.96. The Morgan fingerprint density at radius 2 is 2.18 bits per heavy atom. The number of nitrogens with one attached hydrogen (secondary N) is 1. The van der Waals surface area contributed by atoms with E-state index in [1.807, 2.05) is 12.1 Å². The summed E-state index contributed by atoms with van der Waals surface area (Å²) in [4.78, 5) is 13.6. The fraction of sp³-hybridized carbons (Fsp3) is 0.500. The third kappa shape index (κ3) is 4.59. The van der Waals surface area contributed by atoms with Crippen LogP contribution in [0.25, 0.3) is 0 Å². The van der Waals surface area contributed by atoms with Crippen molar-refractivity contribution in [2.75, 3.05) is 25.4 Å². The maximum Gasteiger partial charge on any atom is 0.237 e. The van der Waals surface area contributed by atoms with Gasteiger partial charge in [0.25, 0.3) is 0 Å². The van der Waals surface area contributed by atoms with Gasteiger partial charge in [-0.15, -0.1) is 0 Å². The van der Waals surface area contributed by atoms with E-state index in [9.17, 15) is 13.2 Å². The van der Waals surface area contributed by atoms with Gasteiger partial charge in [-0.1, -0.05) is 23.7 Å². The minimum absolute atomic E-state index is 0.0431. The minimum Gasteiger partial charge on any atom is -0.487 e. The summed E-state index contributed by atoms with van der Waals surface area (Å²) < 4.78 is 30.7. The third-order valence-electron chi connectivity index (χ3n) is 3.45. The van der Waals surface area contributed by atoms with E-state index in [0.29, 0.717) is 30.3 Å². The molecular weight excluding hydrogens is 328 g/mol. The number of carbonyl (C=O) groups is 1. The smallest absolute Gasteiger partial charge is 0.237 e. The first kappa shape index (κ1) is 17.1. The Balaban J connectivity index is 1.85. The fourth-order valence-electron chi connectivity index (χ4n) is 2.16. The van der Waals surface area contributed by atoms with Gasteiger partial charge in [0.2, 0.25) is 15.9 Å². The lowest BCUT2D eigenvalue weighted by Gasteiger charge is -2.18. The molecule has 1 amide bonds. The van der Waals surface area contributed by atoms with Gasteiger partial charge in [-0.25, -0.2) is 13.1 Å². The van der Waals surface area contributed by atoms with Crippen molar-refractivity contribution in [2.24, 2.45) is 0 Å². The molecule has 1 fully saturated rings. The zero-order valence-corrected chi connectivity index (χ0v) is 13.9. The number of halogens is 1. The SMILES string of the molecule is CCS(=O)(=O)NCC(=O)N1CCC(Oc2ccccc2Cl)C1. The first-order valence-electron chi connectivity index (χ1n) is 7.07. The van der Waals surface area contributed by atoms with Gasteiger partial charge in [0.05, 0.1) is 23.9 Å². The highest BCUT2D eigenvalue weighted by Crippen LogP contribution is 2.26. The Bertz CT molecular complexity index is 635. The Kier molecular flexibility index (Phi) is 5.66. The number of nitrogens with zero attached hydrogens (tertiary/aromatic N) is 1. The Morgan fingerprint density at radius 3 is 2.86 bits per heavy atom. The number of amides is 1. The van der Waals surface area contributed by atoms with E-state index in [0.717, 1.165) is 0 Å². The van der Waals surface area contributed by atoms with E-state index in [1.54, 1.807) is 17.0 Å². The highest BCUT2D eigenvalue weighted by atomic mass is 35.5. The first-order chi connectivity index (χ1) is 10.4. The maximum atomic E-state index is 12.0. The number of carbonyl (C=O) groups excluding carboxylic acids is 1. The molecule has 8 heteroatoms. The van der Waals surface area contributed by atoms with Crippen LogP contribution in [0, 0.1) is 0 Å². The quantitative estimate of drug-likeness (QED) is 0.841. The van der Waals surface area contributed by atoms with E-state index < -0.39 is 10.0 Å². The molecular formula is C14H19ClN2O4S. The number of hydrogen-bond acceptors (Lipinski definition) is 4. The molecule has 6 nitrogen and oxygen atoms in total. The predicted octanol–water partition coefficient (Wildman–Crippen LogP) is 1.26. The zero-order valence-electron chi connectivity index (χ0n) is 12.3. The topological polar surface area (TPSA) is 75.7 Å². The molecule has 2 rings (SSSR count). The maximum absolute atomic E-state index is 12.0. The van der Waals surface area contributed by atoms with Crippen LogP contribution in [0.4, 0.5) is 0 Å². The summed E-state index contributed by atoms with van der Waals surface area (Å²) in [6, 6.07) is 7.18. The molecule has 1 aliphatic heterocycles. The van der Waals surface area contributed by atoms with Crippen molar-refractivity contribution in [3.8, 4) is 5.75 Å². The second-order valence-corrected chi connectivity index (χ2v) is 7.53. The third-order valence-corrected chi connectivity index (χ3v) is 5.11. The molecule has 0 saturated carbocycles. The number of rotatable bonds is 6. The van der Waals surface area contributed by atoms with Gasteiger partial charge in [-0.3, -0.25) is 4.79 Å². The van der Waals surface area contributed by atoms with Gasteiger partial charge in [0.1, 0.15) is 11.9 Å². The highest BCUT2D eigenvalue weighted by Gasteiger charge is 2.28. The Hall–Kier alpha value is -1.31. The lowest BCUT2D eigenvalue weighted by atomic mass is 10.3. The first-order valence-corrected chi connectivity index (χ1v) is 9.10. The van der Waals surface area contributed by atoms with E-state index in [2.05, 4.69) is 4.72 Å². The molecule has 1 heterocycles. The second kappa shape index (κ2) is 7.30. The van der Waals surface area contributed by atoms with Crippen molar-refractivity contribution in [1.82, 2.24) is 9.62 Å². The molecule has 1 saturated heterocycles. The van der Waals surface area contributed by atoms with Crippen molar-refractivity contribution in [1.29, 1.82) is 0 Å². The molecule has 122 valence electrons. The molecule has 22 heavy (non-hydrogen) atoms. The second-order valence-electron chi connectivity index (χ2n) is 5.02. The van der Waals surface area contributed by atoms with Crippen molar-refractivity contribution in [2.45, 2.75) is 19.4 Å². The van der Waals surface area contributed by atoms with Crippen LogP contribution in [0.5, 0.6) is 5.75 Å². The van der Waals surface area contributed by atoms with E-state index >= 15 is 0 Å². The summed E-state index contributed by atoms with van der Waals surface area (Å²) in [5.41, 5.74) is 0. The van der Waals surface area contributed by atoms with Crippen LogP contribution in [0.1, 0.15) is 13.3 Å². The summed E-state index contributed by atoms with van der Waals surface area (Å²) >= 11 is 6.04. The van der Waals surface area contributed by atoms with Gasteiger partial charge < -0.3 is 9.64 Å². The molecule has 1 aromatic rings. The number of benzene rings is 1. The van der Waals surface area contributed by atoms with Crippen molar-refractivity contribution >= 4 is 27.5 Å². The summed E-state index contributed by atoms with van der Waals surface area (Å²) in [7, 11) is -3.36. The van der Waals surface area contributed by atoms with Crippen molar-refractivity contribution in [3.63, 3.8) is 0 Å². The van der Waals surface area contributed by atoms with Crippen LogP contribution in [-0.2, 0) is 14.8 Å². The summed E-state index contributed by atoms with van der Waals surface area (Å²) in [6.07, 6.45) is 0.559. The standard InChI is InChI=1S/C14H19ClN2O4S/c1-2-22(19,20)16-9-14(18)17-8-7-11(10-17)21-13-6-4-3-5-12(13)15/h3-6,11,16H,2,7-10H2,1H3. The molecule has 1 atom stereocenters. The highest BCUT2D eigenvalue weighted by molar-refractivity contribution is 7.89. The molecule has 1 aromatic carbocycles. The Labute approximate surface area is 135 Å². The number of hydrogen-bond donors (Lipinski definition) is 1. The van der Waals surface area contributed by atoms with Crippen LogP contribution in [0.15, 0.2) is 24.3 Å². The van der Waals surface area contributed by atoms with Gasteiger partial charge in [0.15, 0.2) is 0 Å². The molecule has 1 unspecified atom stereocenters. The molecule has 1 N–H and O–H groups in total. The lowest BCUT2D eigenvalue weighted by molar-refractivity contribution is -0.129. The predicted molar refractivity (Wildman–Crippen MR) is 84.5 cm³/mol. The van der Waals surface area contributed by atoms with Crippen LogP contribution < -0.4 is 9.46 Å². The largest absolute Gasteiger partial charge is 0.487 e. The van der Waals surface area contributed by atoms with Crippen LogP contribution in [0.2, 0.25) is 5.02 Å². The van der Waals surface area contributed by atoms with Gasteiger partial charge in [0, 0.05) is 13.0 Å². The van der Waals surface area contributed by atoms with Gasteiger partial charge in [-0.2, -0.15) is 0 Å². The molecule has 0 aliphatic carbocycles. The minimum atomic E-state index is -3.36. The summed E-state index contributed by atoms with van der Waals surface area (Å²) in [5, 5.41) is 0.531. The van der Waals surface area contributed by atoms with Gasteiger partial charge in [-0.05, 0) is 19.1 Å². The number of sulfonamides is 1. The van der Waals surface area contributed by atoms with Crippen molar-refractivity contribution < 1.29 is 17.9 Å². The Morgan fingerprint density at radius 1 is 1.45 bits per heavy atom. The molecule has 0 spiro atoms.